The summed E-state index contributed by atoms with van der Waals surface area (Å²) in [6, 6.07) is 6.93. The molecular weight excluding hydrogens is 296 g/mol. The zero-order valence-electron chi connectivity index (χ0n) is 13.0. The van der Waals surface area contributed by atoms with Gasteiger partial charge in [-0.15, -0.1) is 0 Å². The lowest BCUT2D eigenvalue weighted by molar-refractivity contribution is 0.102. The van der Waals surface area contributed by atoms with Gasteiger partial charge in [0.05, 0.1) is 19.9 Å². The highest BCUT2D eigenvalue weighted by atomic mass is 16.5. The SMILES string of the molecule is COc1ccc(NC(=O)c2c(C)nn3cccnc23)cc1OC. The fourth-order valence-electron chi connectivity index (χ4n) is 2.37. The van der Waals surface area contributed by atoms with Gasteiger partial charge in [0.15, 0.2) is 17.1 Å². The van der Waals surface area contributed by atoms with E-state index in [0.29, 0.717) is 34.1 Å². The van der Waals surface area contributed by atoms with Gasteiger partial charge in [0.1, 0.15) is 5.56 Å². The van der Waals surface area contributed by atoms with E-state index in [1.807, 2.05) is 0 Å². The van der Waals surface area contributed by atoms with E-state index in [-0.39, 0.29) is 5.91 Å². The van der Waals surface area contributed by atoms with Crippen LogP contribution in [0.2, 0.25) is 0 Å². The number of benzene rings is 1. The summed E-state index contributed by atoms with van der Waals surface area (Å²) in [6.07, 6.45) is 3.38. The lowest BCUT2D eigenvalue weighted by Gasteiger charge is -2.10. The first-order valence-electron chi connectivity index (χ1n) is 6.97. The second kappa shape index (κ2) is 5.96. The quantitative estimate of drug-likeness (QED) is 0.800. The van der Waals surface area contributed by atoms with Crippen molar-refractivity contribution in [1.82, 2.24) is 14.6 Å². The summed E-state index contributed by atoms with van der Waals surface area (Å²) in [4.78, 5) is 16.8. The van der Waals surface area contributed by atoms with Gasteiger partial charge < -0.3 is 14.8 Å². The third-order valence-corrected chi connectivity index (χ3v) is 3.44. The molecule has 0 saturated heterocycles. The molecule has 7 heteroatoms. The van der Waals surface area contributed by atoms with Crippen molar-refractivity contribution in [2.75, 3.05) is 19.5 Å². The maximum Gasteiger partial charge on any atom is 0.261 e. The second-order valence-corrected chi connectivity index (χ2v) is 4.87. The van der Waals surface area contributed by atoms with Crippen LogP contribution in [0.1, 0.15) is 16.1 Å². The Morgan fingerprint density at radius 2 is 2.00 bits per heavy atom. The molecule has 1 aromatic carbocycles. The first kappa shape index (κ1) is 14.8. The van der Waals surface area contributed by atoms with E-state index >= 15 is 0 Å². The summed E-state index contributed by atoms with van der Waals surface area (Å²) in [6.45, 7) is 1.78. The number of aromatic nitrogens is 3. The third kappa shape index (κ3) is 2.68. The minimum absolute atomic E-state index is 0.275. The van der Waals surface area contributed by atoms with Gasteiger partial charge in [-0.3, -0.25) is 4.79 Å². The van der Waals surface area contributed by atoms with Gasteiger partial charge in [0.2, 0.25) is 0 Å². The number of carbonyl (C=O) groups is 1. The number of hydrogen-bond donors (Lipinski definition) is 1. The lowest BCUT2D eigenvalue weighted by Crippen LogP contribution is -2.13. The molecule has 23 heavy (non-hydrogen) atoms. The Hall–Kier alpha value is -3.09. The first-order valence-corrected chi connectivity index (χ1v) is 6.97. The highest BCUT2D eigenvalue weighted by molar-refractivity contribution is 6.09. The normalized spacial score (nSPS) is 10.6. The summed E-state index contributed by atoms with van der Waals surface area (Å²) >= 11 is 0. The number of nitrogens with one attached hydrogen (secondary N) is 1. The fraction of sp³-hybridized carbons (Fsp3) is 0.188. The molecule has 0 bridgehead atoms. The summed E-state index contributed by atoms with van der Waals surface area (Å²) < 4.78 is 12.0. The second-order valence-electron chi connectivity index (χ2n) is 4.87. The molecule has 0 aliphatic carbocycles. The summed E-state index contributed by atoms with van der Waals surface area (Å²) in [5.41, 5.74) is 2.17. The van der Waals surface area contributed by atoms with Gasteiger partial charge in [-0.05, 0) is 25.1 Å². The molecule has 1 amide bonds. The number of aryl methyl sites for hydroxylation is 1. The van der Waals surface area contributed by atoms with Crippen LogP contribution < -0.4 is 14.8 Å². The van der Waals surface area contributed by atoms with E-state index in [2.05, 4.69) is 15.4 Å². The molecule has 2 heterocycles. The molecule has 0 radical (unpaired) electrons. The monoisotopic (exact) mass is 312 g/mol. The molecule has 0 atom stereocenters. The molecule has 0 spiro atoms. The average molecular weight is 312 g/mol. The van der Waals surface area contributed by atoms with E-state index in [4.69, 9.17) is 9.47 Å². The zero-order chi connectivity index (χ0) is 16.4. The molecule has 2 aromatic heterocycles. The average Bonchev–Trinajstić information content (AvgIpc) is 2.90. The van der Waals surface area contributed by atoms with Crippen molar-refractivity contribution in [1.29, 1.82) is 0 Å². The van der Waals surface area contributed by atoms with E-state index < -0.39 is 0 Å². The van der Waals surface area contributed by atoms with Gasteiger partial charge in [-0.1, -0.05) is 0 Å². The Balaban J connectivity index is 1.93. The van der Waals surface area contributed by atoms with Crippen LogP contribution in [0.3, 0.4) is 0 Å². The molecule has 7 nitrogen and oxygen atoms in total. The number of hydrogen-bond acceptors (Lipinski definition) is 5. The van der Waals surface area contributed by atoms with Gasteiger partial charge in [-0.2, -0.15) is 5.10 Å². The Labute approximate surface area is 132 Å². The maximum atomic E-state index is 12.6. The number of fused-ring (bicyclic) bond motifs is 1. The van der Waals surface area contributed by atoms with Crippen molar-refractivity contribution in [3.05, 3.63) is 47.9 Å². The van der Waals surface area contributed by atoms with Crippen molar-refractivity contribution in [3.8, 4) is 11.5 Å². The first-order chi connectivity index (χ1) is 11.1. The van der Waals surface area contributed by atoms with Crippen LogP contribution in [-0.4, -0.2) is 34.7 Å². The molecule has 0 fully saturated rings. The molecule has 0 unspecified atom stereocenters. The Bertz CT molecular complexity index is 873. The van der Waals surface area contributed by atoms with Crippen molar-refractivity contribution < 1.29 is 14.3 Å². The maximum absolute atomic E-state index is 12.6. The molecule has 0 aliphatic rings. The van der Waals surface area contributed by atoms with E-state index in [9.17, 15) is 4.79 Å². The minimum atomic E-state index is -0.275. The summed E-state index contributed by atoms with van der Waals surface area (Å²) in [5, 5.41) is 7.12. The van der Waals surface area contributed by atoms with Crippen LogP contribution in [0.15, 0.2) is 36.7 Å². The van der Waals surface area contributed by atoms with Gasteiger partial charge in [-0.25, -0.2) is 9.50 Å². The van der Waals surface area contributed by atoms with Gasteiger partial charge in [0, 0.05) is 24.1 Å². The number of methoxy groups -OCH3 is 2. The van der Waals surface area contributed by atoms with E-state index in [1.165, 1.54) is 0 Å². The number of anilines is 1. The summed E-state index contributed by atoms with van der Waals surface area (Å²) in [7, 11) is 3.10. The topological polar surface area (TPSA) is 77.8 Å². The van der Waals surface area contributed by atoms with E-state index in [0.717, 1.165) is 0 Å². The molecular formula is C16H16N4O3. The third-order valence-electron chi connectivity index (χ3n) is 3.44. The van der Waals surface area contributed by atoms with Crippen LogP contribution >= 0.6 is 0 Å². The molecule has 0 saturated carbocycles. The smallest absolute Gasteiger partial charge is 0.261 e. The zero-order valence-corrected chi connectivity index (χ0v) is 13.0. The number of rotatable bonds is 4. The fourth-order valence-corrected chi connectivity index (χ4v) is 2.37. The Kier molecular flexibility index (Phi) is 3.84. The van der Waals surface area contributed by atoms with Crippen molar-refractivity contribution >= 4 is 17.2 Å². The highest BCUT2D eigenvalue weighted by Crippen LogP contribution is 2.30. The van der Waals surface area contributed by atoms with Crippen molar-refractivity contribution in [2.24, 2.45) is 0 Å². The predicted octanol–water partition coefficient (Wildman–Crippen LogP) is 2.31. The molecule has 3 rings (SSSR count). The summed E-state index contributed by atoms with van der Waals surface area (Å²) in [5.74, 6) is 0.864. The molecule has 1 N–H and O–H groups in total. The van der Waals surface area contributed by atoms with Crippen molar-refractivity contribution in [2.45, 2.75) is 6.92 Å². The number of amides is 1. The van der Waals surface area contributed by atoms with E-state index in [1.54, 1.807) is 62.3 Å². The Morgan fingerprint density at radius 1 is 1.22 bits per heavy atom. The lowest BCUT2D eigenvalue weighted by atomic mass is 10.2. The van der Waals surface area contributed by atoms with Crippen LogP contribution in [0.25, 0.3) is 5.65 Å². The predicted molar refractivity (Wildman–Crippen MR) is 85.2 cm³/mol. The molecule has 118 valence electrons. The Morgan fingerprint density at radius 3 is 2.74 bits per heavy atom. The van der Waals surface area contributed by atoms with Crippen molar-refractivity contribution in [3.63, 3.8) is 0 Å². The van der Waals surface area contributed by atoms with Gasteiger partial charge in [0.25, 0.3) is 5.91 Å². The van der Waals surface area contributed by atoms with Crippen LogP contribution in [0, 0.1) is 6.92 Å². The standard InChI is InChI=1S/C16H16N4O3/c1-10-14(15-17-7-4-8-20(15)19-10)16(21)18-11-5-6-12(22-2)13(9-11)23-3/h4-9H,1-3H3,(H,18,21). The highest BCUT2D eigenvalue weighted by Gasteiger charge is 2.18. The minimum Gasteiger partial charge on any atom is -0.493 e. The van der Waals surface area contributed by atoms with Crippen LogP contribution in [-0.2, 0) is 0 Å². The molecule has 0 aliphatic heterocycles. The number of carbonyl (C=O) groups excluding carboxylic acids is 1. The van der Waals surface area contributed by atoms with Crippen LogP contribution in [0.4, 0.5) is 5.69 Å². The van der Waals surface area contributed by atoms with Gasteiger partial charge >= 0.3 is 0 Å². The number of ether oxygens (including phenoxy) is 2. The number of nitrogens with zero attached hydrogens (tertiary/aromatic N) is 3. The van der Waals surface area contributed by atoms with Crippen LogP contribution in [0.5, 0.6) is 11.5 Å². The largest absolute Gasteiger partial charge is 0.493 e. The molecule has 3 aromatic rings.